The number of pyridine rings is 1. The van der Waals surface area contributed by atoms with E-state index in [0.717, 1.165) is 37.1 Å². The lowest BCUT2D eigenvalue weighted by Crippen LogP contribution is -2.71. The van der Waals surface area contributed by atoms with Crippen molar-refractivity contribution in [2.75, 3.05) is 50.7 Å². The molecule has 5 fully saturated rings. The molecule has 0 atom stereocenters. The Balaban J connectivity index is 0.997. The number of aromatic nitrogens is 3. The van der Waals surface area contributed by atoms with Gasteiger partial charge in [0, 0.05) is 67.9 Å². The molecule has 3 aromatic rings. The molecule has 14 heteroatoms. The third-order valence-corrected chi connectivity index (χ3v) is 10.8. The molecule has 2 bridgehead atoms. The number of halogens is 2. The Bertz CT molecular complexity index is 1720. The summed E-state index contributed by atoms with van der Waals surface area (Å²) >= 11 is 12.7. The van der Waals surface area contributed by atoms with E-state index in [1.54, 1.807) is 25.4 Å². The number of hydrogen-bond acceptors (Lipinski definition) is 9. The Morgan fingerprint density at radius 2 is 1.57 bits per heavy atom. The number of amides is 2. The number of aliphatic carboxylic acids is 1. The number of benzene rings is 1. The van der Waals surface area contributed by atoms with Gasteiger partial charge in [0.2, 0.25) is 23.6 Å². The maximum atomic E-state index is 13.1. The van der Waals surface area contributed by atoms with Crippen LogP contribution < -0.4 is 15.0 Å². The molecule has 2 saturated heterocycles. The number of ether oxygens (including phenoxy) is 1. The van der Waals surface area contributed by atoms with Crippen molar-refractivity contribution in [2.24, 2.45) is 16.7 Å². The molecule has 0 unspecified atom stereocenters. The first-order valence-electron chi connectivity index (χ1n) is 16.7. The average molecular weight is 709 g/mol. The fourth-order valence-corrected chi connectivity index (χ4v) is 8.31. The summed E-state index contributed by atoms with van der Waals surface area (Å²) in [6.45, 7) is 7.08. The molecule has 2 aliphatic heterocycles. The zero-order valence-electron chi connectivity index (χ0n) is 27.3. The highest BCUT2D eigenvalue weighted by molar-refractivity contribution is 6.35. The van der Waals surface area contributed by atoms with E-state index in [1.807, 2.05) is 34.1 Å². The largest absolute Gasteiger partial charge is 0.481 e. The summed E-state index contributed by atoms with van der Waals surface area (Å²) in [6.07, 6.45) is 6.65. The van der Waals surface area contributed by atoms with Crippen LogP contribution in [-0.4, -0.2) is 93.5 Å². The predicted octanol–water partition coefficient (Wildman–Crippen LogP) is 4.89. The maximum absolute atomic E-state index is 13.1. The first-order chi connectivity index (χ1) is 23.5. The first kappa shape index (κ1) is 33.5. The van der Waals surface area contributed by atoms with E-state index in [-0.39, 0.29) is 11.8 Å². The van der Waals surface area contributed by atoms with Crippen molar-refractivity contribution in [3.63, 3.8) is 0 Å². The van der Waals surface area contributed by atoms with Crippen molar-refractivity contribution >= 4 is 46.9 Å². The van der Waals surface area contributed by atoms with Gasteiger partial charge in [-0.2, -0.15) is 0 Å². The molecule has 1 aromatic carbocycles. The number of piperidine rings is 1. The van der Waals surface area contributed by atoms with Gasteiger partial charge in [-0.3, -0.25) is 19.3 Å². The molecule has 0 radical (unpaired) electrons. The van der Waals surface area contributed by atoms with Crippen molar-refractivity contribution in [3.8, 4) is 22.9 Å². The average Bonchev–Trinajstić information content (AvgIpc) is 3.03. The van der Waals surface area contributed by atoms with E-state index < -0.39 is 16.8 Å². The van der Waals surface area contributed by atoms with Crippen molar-refractivity contribution in [1.29, 1.82) is 0 Å². The second-order valence-electron chi connectivity index (χ2n) is 14.0. The van der Waals surface area contributed by atoms with E-state index in [9.17, 15) is 19.5 Å². The van der Waals surface area contributed by atoms with Gasteiger partial charge < -0.3 is 25.0 Å². The Kier molecular flexibility index (Phi) is 9.14. The maximum Gasteiger partial charge on any atom is 0.309 e. The van der Waals surface area contributed by atoms with Gasteiger partial charge in [0.1, 0.15) is 0 Å². The van der Waals surface area contributed by atoms with Crippen LogP contribution in [0.5, 0.6) is 11.6 Å². The van der Waals surface area contributed by atoms with Gasteiger partial charge >= 0.3 is 5.97 Å². The molecule has 3 saturated carbocycles. The quantitative estimate of drug-likeness (QED) is 0.299. The van der Waals surface area contributed by atoms with Crippen molar-refractivity contribution in [2.45, 2.75) is 45.6 Å². The minimum Gasteiger partial charge on any atom is -0.481 e. The molecule has 2 aromatic heterocycles. The zero-order valence-corrected chi connectivity index (χ0v) is 28.8. The summed E-state index contributed by atoms with van der Waals surface area (Å²) in [5.74, 6) is 1.16. The van der Waals surface area contributed by atoms with Gasteiger partial charge in [-0.05, 0) is 80.9 Å². The van der Waals surface area contributed by atoms with Gasteiger partial charge in [-0.15, -0.1) is 0 Å². The molecule has 2 amide bonds. The number of carbonyl (C=O) groups excluding carboxylic acids is 2. The number of piperazine rings is 1. The van der Waals surface area contributed by atoms with Crippen LogP contribution in [0.3, 0.4) is 0 Å². The highest BCUT2D eigenvalue weighted by Crippen LogP contribution is 2.74. The number of anilines is 1. The summed E-state index contributed by atoms with van der Waals surface area (Å²) in [7, 11) is 0. The Labute approximate surface area is 294 Å². The molecular formula is C35H39Cl2N7O5. The number of carboxylic acid groups (broad SMARTS) is 1. The SMILES string of the molecule is CC(=O)NCC1CCN(Cc2cc(Oc3cnc(N4CCN(C(=O)C56CC(C(=O)O)(C5)C6)CC4)nc3)nc(-c3cc(Cl)cc(Cl)c3)c2)CC1. The molecule has 0 spiro atoms. The van der Waals surface area contributed by atoms with Crippen molar-refractivity contribution in [3.05, 3.63) is 58.3 Å². The number of likely N-dealkylation sites (tertiary alicyclic amines) is 1. The number of nitrogens with one attached hydrogen (secondary N) is 1. The van der Waals surface area contributed by atoms with E-state index >= 15 is 0 Å². The molecule has 5 aliphatic rings. The van der Waals surface area contributed by atoms with E-state index in [4.69, 9.17) is 32.9 Å². The van der Waals surface area contributed by atoms with Crippen molar-refractivity contribution in [1.82, 2.24) is 30.1 Å². The summed E-state index contributed by atoms with van der Waals surface area (Å²) in [5.41, 5.74) is 1.35. The van der Waals surface area contributed by atoms with Crippen molar-refractivity contribution < 1.29 is 24.2 Å². The fourth-order valence-electron chi connectivity index (χ4n) is 7.78. The van der Waals surface area contributed by atoms with Gasteiger partial charge in [0.05, 0.1) is 28.9 Å². The van der Waals surface area contributed by atoms with Crippen LogP contribution in [0, 0.1) is 16.7 Å². The Morgan fingerprint density at radius 1 is 0.918 bits per heavy atom. The van der Waals surface area contributed by atoms with E-state index in [1.165, 1.54) is 0 Å². The lowest BCUT2D eigenvalue weighted by molar-refractivity contribution is -0.226. The predicted molar refractivity (Wildman–Crippen MR) is 184 cm³/mol. The van der Waals surface area contributed by atoms with Gasteiger partial charge in [0.25, 0.3) is 0 Å². The lowest BCUT2D eigenvalue weighted by atomic mass is 9.34. The molecule has 12 nitrogen and oxygen atoms in total. The third-order valence-electron chi connectivity index (χ3n) is 10.4. The molecule has 8 rings (SSSR count). The van der Waals surface area contributed by atoms with Crippen LogP contribution in [0.4, 0.5) is 5.95 Å². The number of hydrogen-bond donors (Lipinski definition) is 2. The van der Waals surface area contributed by atoms with Crippen LogP contribution in [0.2, 0.25) is 10.0 Å². The van der Waals surface area contributed by atoms with Gasteiger partial charge in [-0.25, -0.2) is 15.0 Å². The van der Waals surface area contributed by atoms with E-state index in [0.29, 0.717) is 97.8 Å². The summed E-state index contributed by atoms with van der Waals surface area (Å²) in [6, 6.07) is 9.28. The molecule has 3 aliphatic carbocycles. The summed E-state index contributed by atoms with van der Waals surface area (Å²) in [5, 5.41) is 13.4. The molecule has 258 valence electrons. The standard InChI is InChI=1S/C35H39Cl2N7O5/c1-22(45)38-15-23-2-4-42(5-3-23)18-24-10-29(25-12-26(36)14-27(37)13-25)41-30(11-24)49-28-16-39-33(40-17-28)44-8-6-43(7-9-44)31(46)34-19-35(20-34,21-34)32(47)48/h10-14,16-17,23H,2-9,15,18-21H2,1H3,(H,38,45)(H,47,48). The molecule has 49 heavy (non-hydrogen) atoms. The van der Waals surface area contributed by atoms with E-state index in [2.05, 4.69) is 20.2 Å². The van der Waals surface area contributed by atoms with Crippen LogP contribution in [0.25, 0.3) is 11.3 Å². The third kappa shape index (κ3) is 7.04. The number of nitrogens with zero attached hydrogens (tertiary/aromatic N) is 6. The van der Waals surface area contributed by atoms with Crippen LogP contribution in [0.15, 0.2) is 42.7 Å². The number of carbonyl (C=O) groups is 3. The Hall–Kier alpha value is -4.00. The minimum atomic E-state index is -0.779. The number of carboxylic acids is 1. The van der Waals surface area contributed by atoms with Crippen LogP contribution in [-0.2, 0) is 20.9 Å². The van der Waals surface area contributed by atoms with Crippen LogP contribution in [0.1, 0.15) is 44.6 Å². The second-order valence-corrected chi connectivity index (χ2v) is 14.9. The van der Waals surface area contributed by atoms with Crippen LogP contribution >= 0.6 is 23.2 Å². The topological polar surface area (TPSA) is 141 Å². The smallest absolute Gasteiger partial charge is 0.309 e. The summed E-state index contributed by atoms with van der Waals surface area (Å²) < 4.78 is 6.20. The number of rotatable bonds is 10. The summed E-state index contributed by atoms with van der Waals surface area (Å²) in [4.78, 5) is 56.1. The monoisotopic (exact) mass is 707 g/mol. The highest BCUT2D eigenvalue weighted by atomic mass is 35.5. The highest BCUT2D eigenvalue weighted by Gasteiger charge is 2.75. The molecule has 4 heterocycles. The fraction of sp³-hybridized carbons (Fsp3) is 0.486. The van der Waals surface area contributed by atoms with Gasteiger partial charge in [-0.1, -0.05) is 23.2 Å². The minimum absolute atomic E-state index is 0.00552. The lowest BCUT2D eigenvalue weighted by Gasteiger charge is -2.67. The zero-order chi connectivity index (χ0) is 34.3. The molecule has 2 N–H and O–H groups in total. The normalized spacial score (nSPS) is 23.7. The second kappa shape index (κ2) is 13.4. The Morgan fingerprint density at radius 3 is 2.18 bits per heavy atom. The first-order valence-corrected chi connectivity index (χ1v) is 17.5. The molecular weight excluding hydrogens is 669 g/mol. The van der Waals surface area contributed by atoms with Gasteiger partial charge in [0.15, 0.2) is 5.75 Å².